The van der Waals surface area contributed by atoms with E-state index < -0.39 is 5.97 Å². The maximum Gasteiger partial charge on any atom is 0.343 e. The van der Waals surface area contributed by atoms with Crippen molar-refractivity contribution in [2.45, 2.75) is 12.2 Å². The number of carbonyl (C=O) groups excluding carboxylic acids is 1. The maximum absolute atomic E-state index is 11.6. The lowest BCUT2D eigenvalue weighted by molar-refractivity contribution is 0.0734. The van der Waals surface area contributed by atoms with Crippen molar-refractivity contribution in [3.8, 4) is 39.9 Å². The summed E-state index contributed by atoms with van der Waals surface area (Å²) in [5.41, 5.74) is 2.66. The second kappa shape index (κ2) is 12.3. The Hall–Kier alpha value is -4.53. The summed E-state index contributed by atoms with van der Waals surface area (Å²) < 4.78 is 26.6. The van der Waals surface area contributed by atoms with E-state index in [4.69, 9.17) is 33.9 Å². The molecule has 4 aromatic rings. The van der Waals surface area contributed by atoms with Gasteiger partial charge in [-0.05, 0) is 83.9 Å². The van der Waals surface area contributed by atoms with Crippen LogP contribution >= 0.6 is 0 Å². The van der Waals surface area contributed by atoms with Crippen molar-refractivity contribution < 1.29 is 38.7 Å². The van der Waals surface area contributed by atoms with E-state index in [0.717, 1.165) is 35.8 Å². The summed E-state index contributed by atoms with van der Waals surface area (Å²) in [4.78, 5) is 11.6. The molecule has 0 bridgehead atoms. The Morgan fingerprint density at radius 1 is 0.615 bits per heavy atom. The third-order valence-corrected chi connectivity index (χ3v) is 5.87. The van der Waals surface area contributed by atoms with Crippen LogP contribution in [0.1, 0.15) is 10.4 Å². The average molecular weight is 529 g/mol. The Bertz CT molecular complexity index is 1280. The Morgan fingerprint density at radius 2 is 1.00 bits per heavy atom. The van der Waals surface area contributed by atoms with Gasteiger partial charge >= 0.3 is 5.97 Å². The van der Waals surface area contributed by atoms with Crippen LogP contribution in [-0.4, -0.2) is 54.8 Å². The molecule has 0 aromatic heterocycles. The molecule has 2 aliphatic heterocycles. The van der Waals surface area contributed by atoms with E-state index in [1.165, 1.54) is 48.5 Å². The first-order chi connectivity index (χ1) is 19.0. The summed E-state index contributed by atoms with van der Waals surface area (Å²) in [7, 11) is 0. The first kappa shape index (κ1) is 26.1. The lowest BCUT2D eigenvalue weighted by Gasteiger charge is -2.08. The molecule has 2 atom stereocenters. The first-order valence-corrected chi connectivity index (χ1v) is 12.5. The maximum atomic E-state index is 11.6. The fraction of sp³-hybridized carbons (Fsp3) is 0.194. The Morgan fingerprint density at radius 3 is 1.41 bits per heavy atom. The van der Waals surface area contributed by atoms with Crippen LogP contribution in [0.2, 0.25) is 0 Å². The molecule has 2 aliphatic rings. The number of aromatic hydroxyl groups is 2. The van der Waals surface area contributed by atoms with Crippen LogP contribution in [0.15, 0.2) is 97.1 Å². The van der Waals surface area contributed by atoms with Gasteiger partial charge in [0.25, 0.3) is 0 Å². The molecule has 2 fully saturated rings. The lowest BCUT2D eigenvalue weighted by Crippen LogP contribution is -2.07. The summed E-state index contributed by atoms with van der Waals surface area (Å²) >= 11 is 0. The van der Waals surface area contributed by atoms with Gasteiger partial charge in [0.2, 0.25) is 0 Å². The third kappa shape index (κ3) is 8.23. The van der Waals surface area contributed by atoms with Gasteiger partial charge in [-0.2, -0.15) is 0 Å². The number of benzene rings is 4. The van der Waals surface area contributed by atoms with Crippen LogP contribution in [0.3, 0.4) is 0 Å². The molecule has 39 heavy (non-hydrogen) atoms. The van der Waals surface area contributed by atoms with Crippen molar-refractivity contribution >= 4 is 5.97 Å². The molecular formula is C31H28O8. The minimum absolute atomic E-state index is 0.0891. The fourth-order valence-electron chi connectivity index (χ4n) is 3.47. The zero-order chi connectivity index (χ0) is 27.0. The molecule has 0 radical (unpaired) electrons. The quantitative estimate of drug-likeness (QED) is 0.173. The summed E-state index contributed by atoms with van der Waals surface area (Å²) in [6.45, 7) is 2.91. The van der Waals surface area contributed by atoms with E-state index in [-0.39, 0.29) is 23.7 Å². The van der Waals surface area contributed by atoms with Crippen molar-refractivity contribution in [1.82, 2.24) is 0 Å². The Kier molecular flexibility index (Phi) is 8.26. The molecular weight excluding hydrogens is 500 g/mol. The van der Waals surface area contributed by atoms with Crippen LogP contribution in [0.25, 0.3) is 11.1 Å². The summed E-state index contributed by atoms with van der Waals surface area (Å²) in [5, 5.41) is 18.1. The first-order valence-electron chi connectivity index (χ1n) is 12.5. The molecule has 0 amide bonds. The molecule has 6 rings (SSSR count). The topological polar surface area (TPSA) is 110 Å². The van der Waals surface area contributed by atoms with Crippen LogP contribution in [0.5, 0.6) is 28.7 Å². The monoisotopic (exact) mass is 528 g/mol. The Balaban J connectivity index is 0.000000164. The molecule has 8 heteroatoms. The Labute approximate surface area is 225 Å². The zero-order valence-electron chi connectivity index (χ0n) is 21.1. The highest BCUT2D eigenvalue weighted by atomic mass is 16.6. The van der Waals surface area contributed by atoms with Crippen LogP contribution in [0, 0.1) is 0 Å². The predicted octanol–water partition coefficient (Wildman–Crippen LogP) is 5.23. The second-order valence-electron chi connectivity index (χ2n) is 9.01. The molecule has 200 valence electrons. The van der Waals surface area contributed by atoms with Crippen LogP contribution in [-0.2, 0) is 9.47 Å². The normalized spacial score (nSPS) is 16.8. The minimum Gasteiger partial charge on any atom is -0.508 e. The number of carbonyl (C=O) groups is 1. The number of hydrogen-bond donors (Lipinski definition) is 2. The highest BCUT2D eigenvalue weighted by Crippen LogP contribution is 2.26. The van der Waals surface area contributed by atoms with E-state index in [2.05, 4.69) is 24.3 Å². The highest BCUT2D eigenvalue weighted by molar-refractivity contribution is 5.91. The largest absolute Gasteiger partial charge is 0.508 e. The molecule has 2 N–H and O–H groups in total. The van der Waals surface area contributed by atoms with Crippen molar-refractivity contribution in [3.05, 3.63) is 103 Å². The van der Waals surface area contributed by atoms with Crippen LogP contribution < -0.4 is 14.2 Å². The lowest BCUT2D eigenvalue weighted by atomic mass is 10.1. The van der Waals surface area contributed by atoms with Gasteiger partial charge in [-0.25, -0.2) is 4.79 Å². The molecule has 0 aliphatic carbocycles. The van der Waals surface area contributed by atoms with E-state index in [0.29, 0.717) is 24.5 Å². The van der Waals surface area contributed by atoms with Gasteiger partial charge < -0.3 is 33.9 Å². The fourth-order valence-corrected chi connectivity index (χ4v) is 3.47. The minimum atomic E-state index is -0.518. The van der Waals surface area contributed by atoms with Gasteiger partial charge in [-0.1, -0.05) is 24.3 Å². The zero-order valence-corrected chi connectivity index (χ0v) is 21.1. The standard InChI is InChI=1S/C18H18O4.C13H10O4/c1-5-15(19-9-17-11-21-17)6-2-13(1)14-3-7-16(8-4-14)20-10-18-12-22-18;14-10-3-1-9(2-4-10)13(16)17-12-7-5-11(15)6-8-12/h1-8,17-18H,9-12H2;1-8,14-15H. The van der Waals surface area contributed by atoms with Gasteiger partial charge in [0.15, 0.2) is 0 Å². The molecule has 2 saturated heterocycles. The highest BCUT2D eigenvalue weighted by Gasteiger charge is 2.23. The number of epoxide rings is 2. The third-order valence-electron chi connectivity index (χ3n) is 5.87. The van der Waals surface area contributed by atoms with E-state index >= 15 is 0 Å². The predicted molar refractivity (Wildman–Crippen MR) is 144 cm³/mol. The second-order valence-corrected chi connectivity index (χ2v) is 9.01. The number of phenols is 2. The molecule has 0 spiro atoms. The SMILES string of the molecule is O=C(Oc1ccc(O)cc1)c1ccc(O)cc1.c1cc(-c2ccc(OCC3CO3)cc2)ccc1OCC1CO1. The van der Waals surface area contributed by atoms with Crippen molar-refractivity contribution in [3.63, 3.8) is 0 Å². The van der Waals surface area contributed by atoms with Crippen molar-refractivity contribution in [1.29, 1.82) is 0 Å². The number of phenolic OH excluding ortho intramolecular Hbond substituents is 2. The average Bonchev–Trinajstić information content (AvgIpc) is 3.89. The molecule has 2 heterocycles. The van der Waals surface area contributed by atoms with Crippen LogP contribution in [0.4, 0.5) is 0 Å². The number of rotatable bonds is 9. The smallest absolute Gasteiger partial charge is 0.343 e. The van der Waals surface area contributed by atoms with Crippen molar-refractivity contribution in [2.24, 2.45) is 0 Å². The van der Waals surface area contributed by atoms with E-state index in [1.54, 1.807) is 0 Å². The van der Waals surface area contributed by atoms with Gasteiger partial charge in [-0.15, -0.1) is 0 Å². The molecule has 0 saturated carbocycles. The summed E-state index contributed by atoms with van der Waals surface area (Å²) in [6, 6.07) is 27.8. The molecule has 2 unspecified atom stereocenters. The summed E-state index contributed by atoms with van der Waals surface area (Å²) in [6.07, 6.45) is 0.571. The van der Waals surface area contributed by atoms with Gasteiger partial charge in [0, 0.05) is 0 Å². The number of ether oxygens (including phenoxy) is 5. The molecule has 4 aromatic carbocycles. The van der Waals surface area contributed by atoms with E-state index in [9.17, 15) is 4.79 Å². The van der Waals surface area contributed by atoms with Gasteiger partial charge in [-0.3, -0.25) is 0 Å². The van der Waals surface area contributed by atoms with Gasteiger partial charge in [0.05, 0.1) is 18.8 Å². The van der Waals surface area contributed by atoms with Gasteiger partial charge in [0.1, 0.15) is 54.2 Å². The molecule has 8 nitrogen and oxygen atoms in total. The number of esters is 1. The summed E-state index contributed by atoms with van der Waals surface area (Å²) in [5.74, 6) is 1.78. The van der Waals surface area contributed by atoms with Crippen molar-refractivity contribution in [2.75, 3.05) is 26.4 Å². The number of hydrogen-bond acceptors (Lipinski definition) is 8. The van der Waals surface area contributed by atoms with E-state index in [1.807, 2.05) is 24.3 Å².